The fourth-order valence-electron chi connectivity index (χ4n) is 1.34. The minimum absolute atomic E-state index is 0.115. The van der Waals surface area contributed by atoms with E-state index in [9.17, 15) is 4.79 Å². The van der Waals surface area contributed by atoms with Crippen LogP contribution < -0.4 is 5.56 Å². The van der Waals surface area contributed by atoms with Crippen molar-refractivity contribution in [2.24, 2.45) is 0 Å². The summed E-state index contributed by atoms with van der Waals surface area (Å²) in [6.07, 6.45) is 4.64. The third kappa shape index (κ3) is 1.25. The Morgan fingerprint density at radius 2 is 2.14 bits per heavy atom. The monoisotopic (exact) mass is 190 g/mol. The van der Waals surface area contributed by atoms with Gasteiger partial charge in [-0.15, -0.1) is 0 Å². The van der Waals surface area contributed by atoms with Crippen LogP contribution in [0.4, 0.5) is 0 Å². The van der Waals surface area contributed by atoms with Crippen molar-refractivity contribution in [3.63, 3.8) is 0 Å². The summed E-state index contributed by atoms with van der Waals surface area (Å²) in [7, 11) is 0. The van der Waals surface area contributed by atoms with Crippen LogP contribution in [0.5, 0.6) is 0 Å². The lowest BCUT2D eigenvalue weighted by molar-refractivity contribution is 0.566. The molecule has 72 valence electrons. The Morgan fingerprint density at radius 3 is 2.79 bits per heavy atom. The van der Waals surface area contributed by atoms with E-state index in [2.05, 4.69) is 9.97 Å². The molecule has 0 aromatic carbocycles. The average Bonchev–Trinajstić information content (AvgIpc) is 2.57. The summed E-state index contributed by atoms with van der Waals surface area (Å²) in [4.78, 5) is 18.0. The third-order valence-corrected chi connectivity index (χ3v) is 2.20. The minimum Gasteiger partial charge on any atom is -0.472 e. The third-order valence-electron chi connectivity index (χ3n) is 2.20. The first-order chi connectivity index (χ1) is 6.70. The van der Waals surface area contributed by atoms with Crippen LogP contribution in [0.1, 0.15) is 11.1 Å². The zero-order chi connectivity index (χ0) is 10.1. The maximum absolute atomic E-state index is 11.3. The maximum atomic E-state index is 11.3. The standard InChI is InChI=1S/C10H10N2O2/c1-6-3-14-4-8(6)9-7(2)10(13)12-5-11-9/h3-5H,1-2H3,(H,11,12,13). The van der Waals surface area contributed by atoms with Crippen LogP contribution in [0.2, 0.25) is 0 Å². The lowest BCUT2D eigenvalue weighted by atomic mass is 10.1. The van der Waals surface area contributed by atoms with Crippen molar-refractivity contribution in [3.05, 3.63) is 40.3 Å². The van der Waals surface area contributed by atoms with E-state index in [-0.39, 0.29) is 5.56 Å². The molecule has 2 rings (SSSR count). The highest BCUT2D eigenvalue weighted by Gasteiger charge is 2.10. The summed E-state index contributed by atoms with van der Waals surface area (Å²) >= 11 is 0. The Hall–Kier alpha value is -1.84. The molecular formula is C10H10N2O2. The summed E-state index contributed by atoms with van der Waals surface area (Å²) in [5, 5.41) is 0. The molecule has 0 aliphatic heterocycles. The van der Waals surface area contributed by atoms with Crippen LogP contribution in [-0.4, -0.2) is 9.97 Å². The van der Waals surface area contributed by atoms with Gasteiger partial charge in [0.05, 0.1) is 24.5 Å². The predicted octanol–water partition coefficient (Wildman–Crippen LogP) is 1.65. The Balaban J connectivity index is 2.69. The molecule has 2 aromatic heterocycles. The first kappa shape index (κ1) is 8.74. The summed E-state index contributed by atoms with van der Waals surface area (Å²) in [5.41, 5.74) is 3.02. The van der Waals surface area contributed by atoms with E-state index in [0.717, 1.165) is 11.1 Å². The molecule has 0 saturated carbocycles. The zero-order valence-electron chi connectivity index (χ0n) is 8.00. The van der Waals surface area contributed by atoms with Gasteiger partial charge in [0.1, 0.15) is 0 Å². The van der Waals surface area contributed by atoms with Gasteiger partial charge in [-0.25, -0.2) is 4.98 Å². The van der Waals surface area contributed by atoms with E-state index < -0.39 is 0 Å². The molecule has 0 atom stereocenters. The molecule has 1 N–H and O–H groups in total. The van der Waals surface area contributed by atoms with Crippen LogP contribution >= 0.6 is 0 Å². The van der Waals surface area contributed by atoms with Gasteiger partial charge in [0, 0.05) is 11.1 Å². The summed E-state index contributed by atoms with van der Waals surface area (Å²) in [5.74, 6) is 0. The predicted molar refractivity (Wildman–Crippen MR) is 52.0 cm³/mol. The average molecular weight is 190 g/mol. The normalized spacial score (nSPS) is 10.4. The fourth-order valence-corrected chi connectivity index (χ4v) is 1.34. The number of rotatable bonds is 1. The topological polar surface area (TPSA) is 58.9 Å². The van der Waals surface area contributed by atoms with Crippen LogP contribution in [0, 0.1) is 13.8 Å². The molecule has 14 heavy (non-hydrogen) atoms. The van der Waals surface area contributed by atoms with Gasteiger partial charge in [0.15, 0.2) is 0 Å². The molecule has 0 unspecified atom stereocenters. The van der Waals surface area contributed by atoms with Gasteiger partial charge in [0.25, 0.3) is 5.56 Å². The maximum Gasteiger partial charge on any atom is 0.254 e. The highest BCUT2D eigenvalue weighted by molar-refractivity contribution is 5.64. The molecule has 0 amide bonds. The van der Waals surface area contributed by atoms with Gasteiger partial charge >= 0.3 is 0 Å². The molecule has 0 radical (unpaired) electrons. The number of aromatic amines is 1. The zero-order valence-corrected chi connectivity index (χ0v) is 8.00. The highest BCUT2D eigenvalue weighted by atomic mass is 16.3. The summed E-state index contributed by atoms with van der Waals surface area (Å²) in [6, 6.07) is 0. The first-order valence-corrected chi connectivity index (χ1v) is 4.27. The molecule has 0 saturated heterocycles. The SMILES string of the molecule is Cc1cocc1-c1nc[nH]c(=O)c1C. The fraction of sp³-hybridized carbons (Fsp3) is 0.200. The largest absolute Gasteiger partial charge is 0.472 e. The molecule has 0 aliphatic rings. The summed E-state index contributed by atoms with van der Waals surface area (Å²) < 4.78 is 5.04. The highest BCUT2D eigenvalue weighted by Crippen LogP contribution is 2.22. The molecule has 4 heteroatoms. The number of hydrogen-bond acceptors (Lipinski definition) is 3. The van der Waals surface area contributed by atoms with Crippen LogP contribution in [0.25, 0.3) is 11.3 Å². The smallest absolute Gasteiger partial charge is 0.254 e. The van der Waals surface area contributed by atoms with Crippen molar-refractivity contribution in [1.82, 2.24) is 9.97 Å². The van der Waals surface area contributed by atoms with Crippen molar-refractivity contribution in [3.8, 4) is 11.3 Å². The lowest BCUT2D eigenvalue weighted by Gasteiger charge is -2.00. The second kappa shape index (κ2) is 3.14. The number of nitrogens with one attached hydrogen (secondary N) is 1. The molecule has 2 aromatic rings. The van der Waals surface area contributed by atoms with Crippen LogP contribution in [-0.2, 0) is 0 Å². The van der Waals surface area contributed by atoms with Crippen molar-refractivity contribution < 1.29 is 4.42 Å². The number of furan rings is 1. The minimum atomic E-state index is -0.115. The molecule has 4 nitrogen and oxygen atoms in total. The number of H-pyrrole nitrogens is 1. The van der Waals surface area contributed by atoms with Gasteiger partial charge in [-0.1, -0.05) is 0 Å². The Bertz CT molecular complexity index is 511. The van der Waals surface area contributed by atoms with Gasteiger partial charge in [-0.3, -0.25) is 4.79 Å². The Kier molecular flexibility index (Phi) is 1.96. The van der Waals surface area contributed by atoms with Gasteiger partial charge in [0.2, 0.25) is 0 Å². The van der Waals surface area contributed by atoms with Gasteiger partial charge in [-0.2, -0.15) is 0 Å². The number of aryl methyl sites for hydroxylation is 1. The molecule has 2 heterocycles. The Labute approximate surface area is 80.6 Å². The quantitative estimate of drug-likeness (QED) is 0.743. The van der Waals surface area contributed by atoms with E-state index in [1.54, 1.807) is 19.5 Å². The molecule has 0 aliphatic carbocycles. The van der Waals surface area contributed by atoms with Crippen LogP contribution in [0.3, 0.4) is 0 Å². The van der Waals surface area contributed by atoms with E-state index in [1.807, 2.05) is 6.92 Å². The van der Waals surface area contributed by atoms with Crippen LogP contribution in [0.15, 0.2) is 28.1 Å². The van der Waals surface area contributed by atoms with Crippen molar-refractivity contribution in [2.45, 2.75) is 13.8 Å². The molecule has 0 bridgehead atoms. The summed E-state index contributed by atoms with van der Waals surface area (Å²) in [6.45, 7) is 3.66. The van der Waals surface area contributed by atoms with Crippen molar-refractivity contribution >= 4 is 0 Å². The van der Waals surface area contributed by atoms with Gasteiger partial charge < -0.3 is 9.40 Å². The number of nitrogens with zero attached hydrogens (tertiary/aromatic N) is 1. The molecular weight excluding hydrogens is 180 g/mol. The first-order valence-electron chi connectivity index (χ1n) is 4.27. The van der Waals surface area contributed by atoms with E-state index >= 15 is 0 Å². The lowest BCUT2D eigenvalue weighted by Crippen LogP contribution is -2.11. The van der Waals surface area contributed by atoms with Gasteiger partial charge in [-0.05, 0) is 19.4 Å². The second-order valence-electron chi connectivity index (χ2n) is 3.17. The second-order valence-corrected chi connectivity index (χ2v) is 3.17. The van der Waals surface area contributed by atoms with Crippen molar-refractivity contribution in [2.75, 3.05) is 0 Å². The van der Waals surface area contributed by atoms with E-state index in [4.69, 9.17) is 4.42 Å². The van der Waals surface area contributed by atoms with Crippen molar-refractivity contribution in [1.29, 1.82) is 0 Å². The number of hydrogen-bond donors (Lipinski definition) is 1. The number of aromatic nitrogens is 2. The Morgan fingerprint density at radius 1 is 1.36 bits per heavy atom. The van der Waals surface area contributed by atoms with E-state index in [0.29, 0.717) is 11.3 Å². The van der Waals surface area contributed by atoms with E-state index in [1.165, 1.54) is 6.33 Å². The molecule has 0 spiro atoms. The molecule has 0 fully saturated rings.